The van der Waals surface area contributed by atoms with Crippen LogP contribution in [-0.2, 0) is 14.9 Å². The van der Waals surface area contributed by atoms with Crippen molar-refractivity contribution in [3.8, 4) is 11.5 Å². The molecule has 3 aromatic carbocycles. The Morgan fingerprint density at radius 2 is 1.82 bits per heavy atom. The van der Waals surface area contributed by atoms with Gasteiger partial charge in [-0.05, 0) is 81.8 Å². The van der Waals surface area contributed by atoms with E-state index < -0.39 is 15.0 Å². The predicted octanol–water partition coefficient (Wildman–Crippen LogP) is 6.33. The number of nitrogens with one attached hydrogen (secondary N) is 1. The first-order valence-corrected chi connectivity index (χ1v) is 14.1. The summed E-state index contributed by atoms with van der Waals surface area (Å²) in [6.07, 6.45) is 1.57. The van der Waals surface area contributed by atoms with Gasteiger partial charge in [0, 0.05) is 12.1 Å². The highest BCUT2D eigenvalue weighted by atomic mass is 79.9. The lowest BCUT2D eigenvalue weighted by molar-refractivity contribution is -0.384. The molecule has 1 amide bonds. The molecule has 15 heteroatoms. The molecule has 38 heavy (non-hydrogen) atoms. The summed E-state index contributed by atoms with van der Waals surface area (Å²) >= 11 is 16.3. The van der Waals surface area contributed by atoms with Gasteiger partial charge in [-0.25, -0.2) is 4.99 Å². The van der Waals surface area contributed by atoms with Crippen LogP contribution in [0.15, 0.2) is 73.9 Å². The molecule has 0 unspecified atom stereocenters. The Morgan fingerprint density at radius 3 is 2.45 bits per heavy atom. The molecule has 1 aliphatic heterocycles. The summed E-state index contributed by atoms with van der Waals surface area (Å²) in [5.74, 6) is -0.465. The maximum Gasteiger partial charge on any atom is 0.339 e. The SMILES string of the molecule is COc1cc(/C=C2/SC(=Nc3ccc(Cl)c(Cl)c3)NC2=O)cc(Br)c1OS(=O)(=O)c1ccc([N+](=O)[O-])cc1. The molecule has 0 spiro atoms. The van der Waals surface area contributed by atoms with Crippen molar-refractivity contribution in [2.75, 3.05) is 7.11 Å². The lowest BCUT2D eigenvalue weighted by Gasteiger charge is -2.13. The normalized spacial score (nSPS) is 15.5. The lowest BCUT2D eigenvalue weighted by Crippen LogP contribution is -2.19. The molecule has 0 saturated carbocycles. The van der Waals surface area contributed by atoms with Crippen molar-refractivity contribution in [3.05, 3.63) is 89.7 Å². The molecule has 0 bridgehead atoms. The number of ether oxygens (including phenoxy) is 1. The van der Waals surface area contributed by atoms with Gasteiger partial charge in [0.1, 0.15) is 4.90 Å². The molecule has 1 saturated heterocycles. The van der Waals surface area contributed by atoms with Crippen LogP contribution in [0.5, 0.6) is 11.5 Å². The number of hydrogen-bond acceptors (Lipinski definition) is 9. The summed E-state index contributed by atoms with van der Waals surface area (Å²) in [6, 6.07) is 12.1. The number of methoxy groups -OCH3 is 1. The zero-order valence-corrected chi connectivity index (χ0v) is 23.7. The Hall–Kier alpha value is -3.10. The van der Waals surface area contributed by atoms with E-state index >= 15 is 0 Å². The van der Waals surface area contributed by atoms with Gasteiger partial charge in [-0.2, -0.15) is 8.42 Å². The van der Waals surface area contributed by atoms with Crippen LogP contribution in [0.25, 0.3) is 6.08 Å². The Balaban J connectivity index is 1.59. The van der Waals surface area contributed by atoms with E-state index in [1.165, 1.54) is 19.2 Å². The Bertz CT molecular complexity index is 1630. The van der Waals surface area contributed by atoms with E-state index in [0.717, 1.165) is 36.0 Å². The second kappa shape index (κ2) is 11.3. The molecule has 1 heterocycles. The molecule has 1 fully saturated rings. The van der Waals surface area contributed by atoms with E-state index in [1.54, 1.807) is 24.3 Å². The van der Waals surface area contributed by atoms with Gasteiger partial charge in [0.25, 0.3) is 11.6 Å². The zero-order chi connectivity index (χ0) is 27.6. The largest absolute Gasteiger partial charge is 0.493 e. The van der Waals surface area contributed by atoms with Crippen molar-refractivity contribution in [1.82, 2.24) is 5.32 Å². The number of amides is 1. The molecular weight excluding hydrogens is 645 g/mol. The number of hydrogen-bond donors (Lipinski definition) is 1. The number of amidine groups is 1. The lowest BCUT2D eigenvalue weighted by atomic mass is 10.2. The summed E-state index contributed by atoms with van der Waals surface area (Å²) in [5.41, 5.74) is 0.741. The van der Waals surface area contributed by atoms with E-state index in [9.17, 15) is 23.3 Å². The van der Waals surface area contributed by atoms with E-state index in [-0.39, 0.29) is 32.5 Å². The van der Waals surface area contributed by atoms with Crippen LogP contribution in [0.1, 0.15) is 5.56 Å². The highest BCUT2D eigenvalue weighted by Gasteiger charge is 2.26. The van der Waals surface area contributed by atoms with Crippen molar-refractivity contribution in [3.63, 3.8) is 0 Å². The molecule has 0 aliphatic carbocycles. The maximum absolute atomic E-state index is 12.8. The minimum absolute atomic E-state index is 0.0600. The van der Waals surface area contributed by atoms with E-state index in [1.807, 2.05) is 0 Å². The van der Waals surface area contributed by atoms with E-state index in [4.69, 9.17) is 32.1 Å². The maximum atomic E-state index is 12.8. The van der Waals surface area contributed by atoms with Crippen molar-refractivity contribution in [1.29, 1.82) is 0 Å². The molecule has 196 valence electrons. The molecule has 3 aromatic rings. The van der Waals surface area contributed by atoms with Crippen LogP contribution in [0.2, 0.25) is 10.0 Å². The fraction of sp³-hybridized carbons (Fsp3) is 0.0435. The third-order valence-electron chi connectivity index (χ3n) is 4.86. The summed E-state index contributed by atoms with van der Waals surface area (Å²) < 4.78 is 36.4. The van der Waals surface area contributed by atoms with Crippen molar-refractivity contribution < 1.29 is 27.1 Å². The molecule has 0 atom stereocenters. The smallest absolute Gasteiger partial charge is 0.339 e. The third kappa shape index (κ3) is 6.30. The van der Waals surface area contributed by atoms with Crippen molar-refractivity contribution in [2.45, 2.75) is 4.90 Å². The number of thioether (sulfide) groups is 1. The first-order valence-electron chi connectivity index (χ1n) is 10.3. The minimum Gasteiger partial charge on any atom is -0.493 e. The van der Waals surface area contributed by atoms with Crippen molar-refractivity contribution in [2.24, 2.45) is 4.99 Å². The molecule has 4 rings (SSSR count). The fourth-order valence-electron chi connectivity index (χ4n) is 3.10. The van der Waals surface area contributed by atoms with Crippen LogP contribution < -0.4 is 14.2 Å². The number of halogens is 3. The van der Waals surface area contributed by atoms with Gasteiger partial charge < -0.3 is 14.2 Å². The first kappa shape index (κ1) is 27.9. The zero-order valence-electron chi connectivity index (χ0n) is 19.0. The second-order valence-corrected chi connectivity index (χ2v) is 11.6. The molecule has 0 aromatic heterocycles. The van der Waals surface area contributed by atoms with Crippen LogP contribution >= 0.6 is 50.9 Å². The number of carbonyl (C=O) groups is 1. The molecular formula is C23H14BrCl2N3O7S2. The molecule has 10 nitrogen and oxygen atoms in total. The number of nitro benzene ring substituents is 1. The fourth-order valence-corrected chi connectivity index (χ4v) is 5.84. The van der Waals surface area contributed by atoms with Crippen LogP contribution in [0, 0.1) is 10.1 Å². The van der Waals surface area contributed by atoms with Gasteiger partial charge in [-0.15, -0.1) is 0 Å². The van der Waals surface area contributed by atoms with E-state index in [0.29, 0.717) is 31.4 Å². The van der Waals surface area contributed by atoms with Crippen LogP contribution in [0.3, 0.4) is 0 Å². The second-order valence-electron chi connectivity index (χ2n) is 7.40. The third-order valence-corrected chi connectivity index (χ3v) is 8.34. The summed E-state index contributed by atoms with van der Waals surface area (Å²) in [6.45, 7) is 0. The van der Waals surface area contributed by atoms with Crippen LogP contribution in [0.4, 0.5) is 11.4 Å². The molecule has 1 N–H and O–H groups in total. The number of nitro groups is 1. The highest BCUT2D eigenvalue weighted by molar-refractivity contribution is 9.10. The van der Waals surface area contributed by atoms with Crippen LogP contribution in [-0.4, -0.2) is 31.5 Å². The van der Waals surface area contributed by atoms with Gasteiger partial charge in [0.15, 0.2) is 16.7 Å². The Labute approximate surface area is 239 Å². The average molecular weight is 659 g/mol. The minimum atomic E-state index is -4.35. The highest BCUT2D eigenvalue weighted by Crippen LogP contribution is 2.40. The molecule has 0 radical (unpaired) electrons. The topological polar surface area (TPSA) is 137 Å². The number of aliphatic imine (C=N–C) groups is 1. The number of rotatable bonds is 7. The van der Waals surface area contributed by atoms with Gasteiger partial charge >= 0.3 is 10.1 Å². The Morgan fingerprint density at radius 1 is 1.11 bits per heavy atom. The van der Waals surface area contributed by atoms with Gasteiger partial charge in [-0.3, -0.25) is 14.9 Å². The number of non-ortho nitro benzene ring substituents is 1. The van der Waals surface area contributed by atoms with E-state index in [2.05, 4.69) is 26.2 Å². The van der Waals surface area contributed by atoms with Gasteiger partial charge in [0.2, 0.25) is 0 Å². The van der Waals surface area contributed by atoms with Gasteiger partial charge in [-0.1, -0.05) is 23.2 Å². The quantitative estimate of drug-likeness (QED) is 0.135. The molecule has 1 aliphatic rings. The summed E-state index contributed by atoms with van der Waals surface area (Å²) in [7, 11) is -3.02. The first-order chi connectivity index (χ1) is 18.0. The Kier molecular flexibility index (Phi) is 8.33. The number of nitrogens with zero attached hydrogens (tertiary/aromatic N) is 2. The summed E-state index contributed by atoms with van der Waals surface area (Å²) in [5, 5.41) is 14.5. The number of benzene rings is 3. The van der Waals surface area contributed by atoms with Crippen molar-refractivity contribution >= 4 is 89.5 Å². The average Bonchev–Trinajstić information content (AvgIpc) is 3.21. The summed E-state index contributed by atoms with van der Waals surface area (Å²) in [4.78, 5) is 27.1. The predicted molar refractivity (Wildman–Crippen MR) is 149 cm³/mol. The monoisotopic (exact) mass is 657 g/mol. The van der Waals surface area contributed by atoms with Gasteiger partial charge in [0.05, 0.1) is 37.1 Å². The number of carbonyl (C=O) groups excluding carboxylic acids is 1. The standard InChI is InChI=1S/C23H14BrCl2N3O7S2/c1-35-19-9-12(10-20-22(30)28-23(37-20)27-13-2-7-17(25)18(26)11-13)8-16(24)21(19)36-38(33,34)15-5-3-14(4-6-15)29(31)32/h2-11H,1H3,(H,27,28,30)/b20-10+.